The molecule has 82 valence electrons. The van der Waals surface area contributed by atoms with E-state index in [1.165, 1.54) is 11.1 Å². The first kappa shape index (κ1) is 10.5. The molecule has 15 heavy (non-hydrogen) atoms. The van der Waals surface area contributed by atoms with Gasteiger partial charge in [-0.05, 0) is 23.1 Å². The molecule has 0 saturated carbocycles. The second kappa shape index (κ2) is 4.23. The maximum Gasteiger partial charge on any atom is 0.122 e. The van der Waals surface area contributed by atoms with E-state index >= 15 is 0 Å². The Kier molecular flexibility index (Phi) is 2.96. The third-order valence-electron chi connectivity index (χ3n) is 2.79. The molecule has 1 aliphatic rings. The first-order chi connectivity index (χ1) is 7.20. The largest absolute Gasteiger partial charge is 0.496 e. The number of ether oxygens (including phenoxy) is 2. The van der Waals surface area contributed by atoms with Crippen LogP contribution in [0.25, 0.3) is 0 Å². The average molecular weight is 206 g/mol. The summed E-state index contributed by atoms with van der Waals surface area (Å²) in [5.74, 6) is 1.51. The zero-order valence-corrected chi connectivity index (χ0v) is 9.62. The predicted molar refractivity (Wildman–Crippen MR) is 60.5 cm³/mol. The molecule has 2 rings (SSSR count). The Hall–Kier alpha value is -1.02. The summed E-state index contributed by atoms with van der Waals surface area (Å²) in [5.41, 5.74) is 2.58. The molecule has 2 nitrogen and oxygen atoms in total. The van der Waals surface area contributed by atoms with E-state index in [1.807, 2.05) is 0 Å². The van der Waals surface area contributed by atoms with Crippen molar-refractivity contribution >= 4 is 0 Å². The Bertz CT molecular complexity index is 340. The summed E-state index contributed by atoms with van der Waals surface area (Å²) >= 11 is 0. The summed E-state index contributed by atoms with van der Waals surface area (Å²) in [6, 6.07) is 6.48. The summed E-state index contributed by atoms with van der Waals surface area (Å²) in [5, 5.41) is 0. The molecule has 0 bridgehead atoms. The third-order valence-corrected chi connectivity index (χ3v) is 2.79. The first-order valence-electron chi connectivity index (χ1n) is 5.49. The van der Waals surface area contributed by atoms with Gasteiger partial charge in [0.2, 0.25) is 0 Å². The lowest BCUT2D eigenvalue weighted by atomic mass is 9.99. The molecule has 1 atom stereocenters. The highest BCUT2D eigenvalue weighted by atomic mass is 16.6. The Labute approximate surface area is 91.2 Å². The van der Waals surface area contributed by atoms with Gasteiger partial charge in [0.15, 0.2) is 0 Å². The van der Waals surface area contributed by atoms with Crippen LogP contribution in [0.2, 0.25) is 0 Å². The molecule has 0 amide bonds. The van der Waals surface area contributed by atoms with Crippen molar-refractivity contribution < 1.29 is 9.47 Å². The standard InChI is InChI=1S/C13H18O2/c1-9(2)12-5-4-10(6-11-8-15-11)7-13(12)14-3/h4-5,7,9,11H,6,8H2,1-3H3. The summed E-state index contributed by atoms with van der Waals surface area (Å²) in [4.78, 5) is 0. The van der Waals surface area contributed by atoms with Gasteiger partial charge in [-0.25, -0.2) is 0 Å². The molecule has 1 fully saturated rings. The molecule has 1 aromatic rings. The van der Waals surface area contributed by atoms with Crippen LogP contribution in [0.3, 0.4) is 0 Å². The minimum absolute atomic E-state index is 0.444. The average Bonchev–Trinajstić information content (AvgIpc) is 3.01. The Morgan fingerprint density at radius 3 is 2.73 bits per heavy atom. The molecule has 1 aliphatic heterocycles. The molecule has 0 radical (unpaired) electrons. The maximum absolute atomic E-state index is 5.41. The van der Waals surface area contributed by atoms with Crippen LogP contribution in [0.1, 0.15) is 30.9 Å². The van der Waals surface area contributed by atoms with Gasteiger partial charge in [0, 0.05) is 6.42 Å². The highest BCUT2D eigenvalue weighted by Gasteiger charge is 2.23. The van der Waals surface area contributed by atoms with E-state index in [0.717, 1.165) is 18.8 Å². The van der Waals surface area contributed by atoms with E-state index < -0.39 is 0 Å². The monoisotopic (exact) mass is 206 g/mol. The number of hydrogen-bond donors (Lipinski definition) is 0. The van der Waals surface area contributed by atoms with E-state index in [4.69, 9.17) is 9.47 Å². The zero-order chi connectivity index (χ0) is 10.8. The van der Waals surface area contributed by atoms with Crippen LogP contribution in [0, 0.1) is 0 Å². The SMILES string of the molecule is COc1cc(CC2CO2)ccc1C(C)C. The molecular weight excluding hydrogens is 188 g/mol. The van der Waals surface area contributed by atoms with E-state index in [-0.39, 0.29) is 0 Å². The van der Waals surface area contributed by atoms with E-state index in [2.05, 4.69) is 32.0 Å². The fourth-order valence-electron chi connectivity index (χ4n) is 1.81. The summed E-state index contributed by atoms with van der Waals surface area (Å²) in [7, 11) is 1.73. The number of benzene rings is 1. The molecule has 0 spiro atoms. The Balaban J connectivity index is 2.20. The van der Waals surface area contributed by atoms with Crippen molar-refractivity contribution in [1.29, 1.82) is 0 Å². The van der Waals surface area contributed by atoms with Gasteiger partial charge in [0.05, 0.1) is 19.8 Å². The molecule has 0 aromatic heterocycles. The maximum atomic E-state index is 5.41. The summed E-state index contributed by atoms with van der Waals surface area (Å²) < 4.78 is 10.6. The predicted octanol–water partition coefficient (Wildman–Crippen LogP) is 2.76. The highest BCUT2D eigenvalue weighted by Crippen LogP contribution is 2.28. The molecule has 1 unspecified atom stereocenters. The second-order valence-corrected chi connectivity index (χ2v) is 4.39. The normalized spacial score (nSPS) is 19.3. The third kappa shape index (κ3) is 2.51. The molecule has 1 heterocycles. The van der Waals surface area contributed by atoms with Gasteiger partial charge in [0.1, 0.15) is 5.75 Å². The molecule has 2 heteroatoms. The fraction of sp³-hybridized carbons (Fsp3) is 0.538. The van der Waals surface area contributed by atoms with Crippen molar-refractivity contribution in [2.45, 2.75) is 32.3 Å². The lowest BCUT2D eigenvalue weighted by molar-refractivity contribution is 0.401. The fourth-order valence-corrected chi connectivity index (χ4v) is 1.81. The van der Waals surface area contributed by atoms with Crippen molar-refractivity contribution in [2.24, 2.45) is 0 Å². The number of rotatable bonds is 4. The number of epoxide rings is 1. The van der Waals surface area contributed by atoms with Crippen LogP contribution in [-0.2, 0) is 11.2 Å². The Morgan fingerprint density at radius 1 is 1.47 bits per heavy atom. The highest BCUT2D eigenvalue weighted by molar-refractivity contribution is 5.39. The van der Waals surface area contributed by atoms with Crippen LogP contribution < -0.4 is 4.74 Å². The van der Waals surface area contributed by atoms with Gasteiger partial charge in [-0.3, -0.25) is 0 Å². The first-order valence-corrected chi connectivity index (χ1v) is 5.49. The van der Waals surface area contributed by atoms with Gasteiger partial charge in [-0.2, -0.15) is 0 Å². The molecule has 0 aliphatic carbocycles. The van der Waals surface area contributed by atoms with Crippen molar-refractivity contribution in [1.82, 2.24) is 0 Å². The van der Waals surface area contributed by atoms with Crippen molar-refractivity contribution in [3.8, 4) is 5.75 Å². The van der Waals surface area contributed by atoms with Gasteiger partial charge in [0.25, 0.3) is 0 Å². The smallest absolute Gasteiger partial charge is 0.122 e. The van der Waals surface area contributed by atoms with E-state index in [9.17, 15) is 0 Å². The summed E-state index contributed by atoms with van der Waals surface area (Å²) in [6.07, 6.45) is 1.45. The van der Waals surface area contributed by atoms with Gasteiger partial charge >= 0.3 is 0 Å². The molecule has 1 saturated heterocycles. The van der Waals surface area contributed by atoms with Crippen LogP contribution in [0.5, 0.6) is 5.75 Å². The number of methoxy groups -OCH3 is 1. The topological polar surface area (TPSA) is 21.8 Å². The lowest BCUT2D eigenvalue weighted by Gasteiger charge is -2.12. The van der Waals surface area contributed by atoms with Crippen LogP contribution in [0.4, 0.5) is 0 Å². The van der Waals surface area contributed by atoms with Crippen molar-refractivity contribution in [2.75, 3.05) is 13.7 Å². The van der Waals surface area contributed by atoms with E-state index in [1.54, 1.807) is 7.11 Å². The minimum atomic E-state index is 0.444. The van der Waals surface area contributed by atoms with Crippen LogP contribution in [-0.4, -0.2) is 19.8 Å². The van der Waals surface area contributed by atoms with Crippen LogP contribution >= 0.6 is 0 Å². The lowest BCUT2D eigenvalue weighted by Crippen LogP contribution is -1.98. The molecule has 0 N–H and O–H groups in total. The Morgan fingerprint density at radius 2 is 2.20 bits per heavy atom. The van der Waals surface area contributed by atoms with Gasteiger partial charge in [-0.15, -0.1) is 0 Å². The van der Waals surface area contributed by atoms with Crippen molar-refractivity contribution in [3.63, 3.8) is 0 Å². The second-order valence-electron chi connectivity index (χ2n) is 4.39. The van der Waals surface area contributed by atoms with Crippen LogP contribution in [0.15, 0.2) is 18.2 Å². The summed E-state index contributed by atoms with van der Waals surface area (Å²) in [6.45, 7) is 5.28. The quantitative estimate of drug-likeness (QED) is 0.706. The van der Waals surface area contributed by atoms with Gasteiger partial charge in [-0.1, -0.05) is 26.0 Å². The molecular formula is C13H18O2. The van der Waals surface area contributed by atoms with Crippen molar-refractivity contribution in [3.05, 3.63) is 29.3 Å². The van der Waals surface area contributed by atoms with E-state index in [0.29, 0.717) is 12.0 Å². The molecule has 1 aromatic carbocycles. The minimum Gasteiger partial charge on any atom is -0.496 e. The number of hydrogen-bond acceptors (Lipinski definition) is 2. The van der Waals surface area contributed by atoms with Gasteiger partial charge < -0.3 is 9.47 Å². The zero-order valence-electron chi connectivity index (χ0n) is 9.62.